The second-order valence-corrected chi connectivity index (χ2v) is 12.0. The summed E-state index contributed by atoms with van der Waals surface area (Å²) in [6, 6.07) is 7.90. The van der Waals surface area contributed by atoms with Gasteiger partial charge < -0.3 is 19.6 Å². The number of aromatic nitrogens is 2. The van der Waals surface area contributed by atoms with E-state index in [0.29, 0.717) is 44.2 Å². The van der Waals surface area contributed by atoms with Gasteiger partial charge in [0.25, 0.3) is 0 Å². The molecule has 1 aromatic carbocycles. The number of ether oxygens (including phenoxy) is 1. The number of nitrogens with zero attached hydrogens (tertiary/aromatic N) is 5. The van der Waals surface area contributed by atoms with Crippen molar-refractivity contribution in [3.63, 3.8) is 0 Å². The monoisotopic (exact) mass is 541 g/mol. The molecule has 1 aliphatic carbocycles. The van der Waals surface area contributed by atoms with Gasteiger partial charge in [-0.2, -0.15) is 0 Å². The number of piperazine rings is 1. The van der Waals surface area contributed by atoms with Gasteiger partial charge in [-0.15, -0.1) is 0 Å². The van der Waals surface area contributed by atoms with Crippen LogP contribution in [0.1, 0.15) is 74.8 Å². The average Bonchev–Trinajstić information content (AvgIpc) is 3.37. The van der Waals surface area contributed by atoms with Crippen LogP contribution in [0, 0.1) is 0 Å². The predicted octanol–water partition coefficient (Wildman–Crippen LogP) is 3.99. The SMILES string of the molecule is COCCN1C(C(C(=O)N2CCN(c3ncnc4c3[C@H](C)C[C@H]4O)CC2)c2ccc(Cl)cc2)CCC1(C)C. The molecule has 3 heterocycles. The third kappa shape index (κ3) is 5.16. The zero-order chi connectivity index (χ0) is 27.0. The van der Waals surface area contributed by atoms with Gasteiger partial charge in [-0.25, -0.2) is 9.97 Å². The third-order valence-corrected chi connectivity index (χ3v) is 9.07. The summed E-state index contributed by atoms with van der Waals surface area (Å²) >= 11 is 6.23. The highest BCUT2D eigenvalue weighted by Crippen LogP contribution is 2.44. The number of rotatable bonds is 7. The van der Waals surface area contributed by atoms with Gasteiger partial charge in [0.1, 0.15) is 12.1 Å². The maximum absolute atomic E-state index is 14.3. The van der Waals surface area contributed by atoms with Gasteiger partial charge in [0.05, 0.1) is 24.3 Å². The van der Waals surface area contributed by atoms with E-state index in [1.165, 1.54) is 0 Å². The molecule has 206 valence electrons. The maximum Gasteiger partial charge on any atom is 0.231 e. The fraction of sp³-hybridized carbons (Fsp3) is 0.621. The molecule has 0 spiro atoms. The second kappa shape index (κ2) is 11.1. The van der Waals surface area contributed by atoms with E-state index in [0.717, 1.165) is 42.0 Å². The number of halogens is 1. The highest BCUT2D eigenvalue weighted by molar-refractivity contribution is 6.30. The minimum absolute atomic E-state index is 0.00149. The van der Waals surface area contributed by atoms with Crippen LogP contribution < -0.4 is 4.90 Å². The van der Waals surface area contributed by atoms with Crippen molar-refractivity contribution >= 4 is 23.3 Å². The number of amides is 1. The molecule has 5 rings (SSSR count). The van der Waals surface area contributed by atoms with E-state index in [1.807, 2.05) is 29.2 Å². The number of hydrogen-bond donors (Lipinski definition) is 1. The number of aliphatic hydroxyl groups excluding tert-OH is 1. The van der Waals surface area contributed by atoms with Gasteiger partial charge in [0.2, 0.25) is 5.91 Å². The summed E-state index contributed by atoms with van der Waals surface area (Å²) in [5, 5.41) is 11.1. The highest BCUT2D eigenvalue weighted by Gasteiger charge is 2.46. The Kier molecular flexibility index (Phi) is 7.96. The smallest absolute Gasteiger partial charge is 0.231 e. The Morgan fingerprint density at radius 2 is 1.89 bits per heavy atom. The zero-order valence-electron chi connectivity index (χ0n) is 22.9. The predicted molar refractivity (Wildman–Crippen MR) is 149 cm³/mol. The number of anilines is 1. The number of carbonyl (C=O) groups is 1. The fourth-order valence-electron chi connectivity index (χ4n) is 6.74. The van der Waals surface area contributed by atoms with Crippen molar-refractivity contribution in [3.8, 4) is 0 Å². The molecule has 1 N–H and O–H groups in total. The number of hydrogen-bond acceptors (Lipinski definition) is 7. The molecule has 0 bridgehead atoms. The molecule has 9 heteroatoms. The summed E-state index contributed by atoms with van der Waals surface area (Å²) in [5.41, 5.74) is 2.83. The van der Waals surface area contributed by atoms with E-state index in [-0.39, 0.29) is 29.3 Å². The molecule has 2 unspecified atom stereocenters. The lowest BCUT2D eigenvalue weighted by Crippen LogP contribution is -2.54. The van der Waals surface area contributed by atoms with E-state index in [2.05, 4.69) is 40.5 Å². The minimum Gasteiger partial charge on any atom is -0.387 e. The molecule has 2 fully saturated rings. The summed E-state index contributed by atoms with van der Waals surface area (Å²) in [6.45, 7) is 10.8. The van der Waals surface area contributed by atoms with Crippen molar-refractivity contribution in [3.05, 3.63) is 52.4 Å². The topological polar surface area (TPSA) is 82.0 Å². The molecule has 2 aromatic rings. The molecule has 4 atom stereocenters. The van der Waals surface area contributed by atoms with Gasteiger partial charge in [0, 0.05) is 62.0 Å². The summed E-state index contributed by atoms with van der Waals surface area (Å²) in [4.78, 5) is 30.0. The number of methoxy groups -OCH3 is 1. The number of benzene rings is 1. The lowest BCUT2D eigenvalue weighted by atomic mass is 9.88. The molecule has 0 radical (unpaired) electrons. The summed E-state index contributed by atoms with van der Waals surface area (Å²) in [6.07, 6.45) is 3.71. The Bertz CT molecular complexity index is 1140. The Morgan fingerprint density at radius 1 is 1.18 bits per heavy atom. The second-order valence-electron chi connectivity index (χ2n) is 11.6. The van der Waals surface area contributed by atoms with Crippen LogP contribution in [0.3, 0.4) is 0 Å². The largest absolute Gasteiger partial charge is 0.387 e. The van der Waals surface area contributed by atoms with E-state index >= 15 is 0 Å². The first-order chi connectivity index (χ1) is 18.2. The van der Waals surface area contributed by atoms with E-state index in [4.69, 9.17) is 16.3 Å². The molecule has 2 aliphatic heterocycles. The van der Waals surface area contributed by atoms with Crippen molar-refractivity contribution in [2.45, 2.75) is 69.6 Å². The molecule has 0 saturated carbocycles. The summed E-state index contributed by atoms with van der Waals surface area (Å²) < 4.78 is 5.44. The Hall–Kier alpha value is -2.26. The van der Waals surface area contributed by atoms with Gasteiger partial charge in [0.15, 0.2) is 0 Å². The van der Waals surface area contributed by atoms with Crippen molar-refractivity contribution in [2.75, 3.05) is 51.3 Å². The summed E-state index contributed by atoms with van der Waals surface area (Å²) in [7, 11) is 1.73. The van der Waals surface area contributed by atoms with Crippen LogP contribution >= 0.6 is 11.6 Å². The van der Waals surface area contributed by atoms with Crippen LogP contribution in [0.5, 0.6) is 0 Å². The highest BCUT2D eigenvalue weighted by atomic mass is 35.5. The minimum atomic E-state index is -0.526. The number of aliphatic hydroxyl groups is 1. The lowest BCUT2D eigenvalue weighted by Gasteiger charge is -2.42. The number of fused-ring (bicyclic) bond motifs is 1. The molecule has 3 aliphatic rings. The molecule has 38 heavy (non-hydrogen) atoms. The maximum atomic E-state index is 14.3. The molecular weight excluding hydrogens is 502 g/mol. The standard InChI is InChI=1S/C29H40ClN5O3/c1-19-17-23(36)26-24(19)27(32-18-31-26)33-11-13-34(14-12-33)28(37)25(20-5-7-21(30)8-6-20)22-9-10-29(2,3)35(22)15-16-38-4/h5-8,18-19,22-23,25,36H,9-17H2,1-4H3/t19-,22?,23-,25?/m1/s1. The van der Waals surface area contributed by atoms with Gasteiger partial charge >= 0.3 is 0 Å². The Balaban J connectivity index is 1.37. The normalized spacial score (nSPS) is 26.0. The Morgan fingerprint density at radius 3 is 2.58 bits per heavy atom. The van der Waals surface area contributed by atoms with Crippen LogP contribution in [-0.2, 0) is 9.53 Å². The average molecular weight is 542 g/mol. The number of likely N-dealkylation sites (tertiary alicyclic amines) is 1. The van der Waals surface area contributed by atoms with E-state index in [1.54, 1.807) is 13.4 Å². The van der Waals surface area contributed by atoms with Gasteiger partial charge in [-0.3, -0.25) is 9.69 Å². The molecular formula is C29H40ClN5O3. The van der Waals surface area contributed by atoms with Crippen LogP contribution in [-0.4, -0.2) is 88.8 Å². The van der Waals surface area contributed by atoms with Crippen molar-refractivity contribution in [2.24, 2.45) is 0 Å². The van der Waals surface area contributed by atoms with Crippen molar-refractivity contribution < 1.29 is 14.6 Å². The van der Waals surface area contributed by atoms with Gasteiger partial charge in [-0.05, 0) is 56.7 Å². The first-order valence-corrected chi connectivity index (χ1v) is 14.2. The molecule has 2 saturated heterocycles. The van der Waals surface area contributed by atoms with E-state index < -0.39 is 6.10 Å². The first kappa shape index (κ1) is 27.3. The first-order valence-electron chi connectivity index (χ1n) is 13.8. The summed E-state index contributed by atoms with van der Waals surface area (Å²) in [5.74, 6) is 1.03. The fourth-order valence-corrected chi connectivity index (χ4v) is 6.87. The van der Waals surface area contributed by atoms with Gasteiger partial charge in [-0.1, -0.05) is 30.7 Å². The van der Waals surface area contributed by atoms with E-state index in [9.17, 15) is 9.90 Å². The Labute approximate surface area is 230 Å². The molecule has 8 nitrogen and oxygen atoms in total. The van der Waals surface area contributed by atoms with Crippen molar-refractivity contribution in [1.82, 2.24) is 19.8 Å². The van der Waals surface area contributed by atoms with Crippen molar-refractivity contribution in [1.29, 1.82) is 0 Å². The lowest BCUT2D eigenvalue weighted by molar-refractivity contribution is -0.135. The molecule has 1 aromatic heterocycles. The molecule has 1 amide bonds. The van der Waals surface area contributed by atoms with Crippen LogP contribution in [0.25, 0.3) is 0 Å². The third-order valence-electron chi connectivity index (χ3n) is 8.82. The zero-order valence-corrected chi connectivity index (χ0v) is 23.7. The van der Waals surface area contributed by atoms with Crippen LogP contribution in [0.2, 0.25) is 5.02 Å². The van der Waals surface area contributed by atoms with Crippen LogP contribution in [0.15, 0.2) is 30.6 Å². The number of carbonyl (C=O) groups excluding carboxylic acids is 1. The quantitative estimate of drug-likeness (QED) is 0.567. The van der Waals surface area contributed by atoms with Crippen LogP contribution in [0.4, 0.5) is 5.82 Å².